The quantitative estimate of drug-likeness (QED) is 0.781. The minimum atomic E-state index is -0.235. The first kappa shape index (κ1) is 9.45. The summed E-state index contributed by atoms with van der Waals surface area (Å²) >= 11 is 0. The monoisotopic (exact) mass is 206 g/mol. The highest BCUT2D eigenvalue weighted by Gasteiger charge is 2.02. The first-order valence-corrected chi connectivity index (χ1v) is 4.38. The van der Waals surface area contributed by atoms with E-state index in [9.17, 15) is 4.79 Å². The van der Waals surface area contributed by atoms with Crippen molar-refractivity contribution >= 4 is 0 Å². The number of aryl methyl sites for hydroxylation is 2. The van der Waals surface area contributed by atoms with E-state index in [-0.39, 0.29) is 11.4 Å². The summed E-state index contributed by atoms with van der Waals surface area (Å²) in [7, 11) is 1.78. The van der Waals surface area contributed by atoms with Gasteiger partial charge in [-0.25, -0.2) is 4.98 Å². The van der Waals surface area contributed by atoms with Crippen molar-refractivity contribution in [3.05, 3.63) is 34.6 Å². The van der Waals surface area contributed by atoms with Crippen LogP contribution in [0, 0.1) is 6.92 Å². The normalized spacial score (nSPS) is 10.3. The fourth-order valence-electron chi connectivity index (χ4n) is 1.18. The van der Waals surface area contributed by atoms with Gasteiger partial charge in [0.2, 0.25) is 5.88 Å². The number of nitrogens with zero attached hydrogens (tertiary/aromatic N) is 3. The molecule has 0 aliphatic heterocycles. The van der Waals surface area contributed by atoms with Gasteiger partial charge in [-0.05, 0) is 6.92 Å². The van der Waals surface area contributed by atoms with Crippen LogP contribution in [0.15, 0.2) is 23.3 Å². The molecule has 0 saturated heterocycles. The fourth-order valence-corrected chi connectivity index (χ4v) is 1.18. The van der Waals surface area contributed by atoms with Crippen LogP contribution in [0.4, 0.5) is 0 Å². The van der Waals surface area contributed by atoms with Crippen LogP contribution in [0.3, 0.4) is 0 Å². The van der Waals surface area contributed by atoms with Crippen LogP contribution < -0.4 is 10.3 Å². The summed E-state index contributed by atoms with van der Waals surface area (Å²) < 4.78 is 6.95. The Balaban J connectivity index is 2.28. The van der Waals surface area contributed by atoms with E-state index in [0.717, 1.165) is 0 Å². The summed E-state index contributed by atoms with van der Waals surface area (Å²) in [4.78, 5) is 17.7. The number of rotatable bonds is 2. The molecule has 2 heterocycles. The third kappa shape index (κ3) is 2.22. The Morgan fingerprint density at radius 2 is 2.33 bits per heavy atom. The second-order valence-electron chi connectivity index (χ2n) is 3.12. The number of ether oxygens (including phenoxy) is 1. The second kappa shape index (κ2) is 3.56. The third-order valence-corrected chi connectivity index (χ3v) is 1.74. The molecule has 0 aromatic carbocycles. The highest BCUT2D eigenvalue weighted by atomic mass is 16.5. The van der Waals surface area contributed by atoms with Crippen molar-refractivity contribution < 1.29 is 4.74 Å². The summed E-state index contributed by atoms with van der Waals surface area (Å²) in [5.41, 5.74) is -0.235. The van der Waals surface area contributed by atoms with Crippen molar-refractivity contribution in [1.29, 1.82) is 0 Å². The van der Waals surface area contributed by atoms with E-state index in [1.54, 1.807) is 31.0 Å². The van der Waals surface area contributed by atoms with Gasteiger partial charge in [0.05, 0.1) is 18.5 Å². The minimum Gasteiger partial charge on any atom is -0.435 e. The van der Waals surface area contributed by atoms with E-state index in [1.807, 2.05) is 0 Å². The summed E-state index contributed by atoms with van der Waals surface area (Å²) in [6.07, 6.45) is 3.25. The van der Waals surface area contributed by atoms with E-state index in [1.165, 1.54) is 6.07 Å². The number of aromatic amines is 1. The third-order valence-electron chi connectivity index (χ3n) is 1.74. The standard InChI is InChI=1S/C9H10N4O2/c1-6-11-8(14)3-9(12-6)15-7-4-10-13(2)5-7/h3-5H,1-2H3,(H,11,12,14). The number of H-pyrrole nitrogens is 1. The maximum Gasteiger partial charge on any atom is 0.254 e. The fraction of sp³-hybridized carbons (Fsp3) is 0.222. The van der Waals surface area contributed by atoms with Gasteiger partial charge in [0.1, 0.15) is 5.82 Å². The lowest BCUT2D eigenvalue weighted by Crippen LogP contribution is -2.08. The van der Waals surface area contributed by atoms with Crippen molar-refractivity contribution in [2.45, 2.75) is 6.92 Å². The van der Waals surface area contributed by atoms with E-state index < -0.39 is 0 Å². The van der Waals surface area contributed by atoms with Crippen molar-refractivity contribution in [2.75, 3.05) is 0 Å². The molecule has 78 valence electrons. The molecule has 0 amide bonds. The number of nitrogens with one attached hydrogen (secondary N) is 1. The topological polar surface area (TPSA) is 72.8 Å². The zero-order valence-corrected chi connectivity index (χ0v) is 8.39. The van der Waals surface area contributed by atoms with Gasteiger partial charge in [0.15, 0.2) is 5.75 Å². The molecule has 0 saturated carbocycles. The van der Waals surface area contributed by atoms with Gasteiger partial charge in [-0.1, -0.05) is 0 Å². The van der Waals surface area contributed by atoms with E-state index in [2.05, 4.69) is 15.1 Å². The summed E-state index contributed by atoms with van der Waals surface area (Å²) in [6, 6.07) is 1.29. The van der Waals surface area contributed by atoms with Crippen molar-refractivity contribution in [2.24, 2.45) is 7.05 Å². The van der Waals surface area contributed by atoms with Gasteiger partial charge in [-0.3, -0.25) is 9.48 Å². The van der Waals surface area contributed by atoms with Crippen LogP contribution in [0.1, 0.15) is 5.82 Å². The Hall–Kier alpha value is -2.11. The molecule has 0 fully saturated rings. The molecule has 1 N–H and O–H groups in total. The molecule has 0 spiro atoms. The van der Waals surface area contributed by atoms with Crippen molar-refractivity contribution in [1.82, 2.24) is 19.7 Å². The first-order valence-electron chi connectivity index (χ1n) is 4.38. The SMILES string of the molecule is Cc1nc(Oc2cnn(C)c2)cc(=O)[nH]1. The van der Waals surface area contributed by atoms with Gasteiger partial charge in [0.25, 0.3) is 5.56 Å². The molecule has 2 rings (SSSR count). The predicted molar refractivity (Wildman–Crippen MR) is 52.9 cm³/mol. The van der Waals surface area contributed by atoms with Crippen LogP contribution in [-0.2, 0) is 7.05 Å². The van der Waals surface area contributed by atoms with Crippen molar-refractivity contribution in [3.63, 3.8) is 0 Å². The molecule has 15 heavy (non-hydrogen) atoms. The molecule has 2 aromatic heterocycles. The highest BCUT2D eigenvalue weighted by Crippen LogP contribution is 2.15. The molecule has 6 heteroatoms. The zero-order chi connectivity index (χ0) is 10.8. The summed E-state index contributed by atoms with van der Waals surface area (Å²) in [5.74, 6) is 1.33. The average Bonchev–Trinajstić information content (AvgIpc) is 2.49. The zero-order valence-electron chi connectivity index (χ0n) is 8.39. The molecule has 0 radical (unpaired) electrons. The van der Waals surface area contributed by atoms with E-state index >= 15 is 0 Å². The Morgan fingerprint density at radius 1 is 1.53 bits per heavy atom. The van der Waals surface area contributed by atoms with E-state index in [0.29, 0.717) is 11.6 Å². The molecule has 0 aliphatic carbocycles. The first-order chi connectivity index (χ1) is 7.13. The van der Waals surface area contributed by atoms with E-state index in [4.69, 9.17) is 4.74 Å². The number of aromatic nitrogens is 4. The lowest BCUT2D eigenvalue weighted by atomic mass is 10.5. The molecule has 6 nitrogen and oxygen atoms in total. The van der Waals surface area contributed by atoms with Gasteiger partial charge in [0, 0.05) is 7.05 Å². The Bertz CT molecular complexity index is 529. The average molecular weight is 206 g/mol. The molecule has 0 unspecified atom stereocenters. The maximum atomic E-state index is 11.1. The maximum absolute atomic E-state index is 11.1. The van der Waals surface area contributed by atoms with Gasteiger partial charge in [-0.15, -0.1) is 0 Å². The second-order valence-corrected chi connectivity index (χ2v) is 3.12. The van der Waals surface area contributed by atoms with Gasteiger partial charge < -0.3 is 9.72 Å². The molecule has 0 atom stereocenters. The summed E-state index contributed by atoms with van der Waals surface area (Å²) in [6.45, 7) is 1.69. The van der Waals surface area contributed by atoms with Crippen LogP contribution in [0.2, 0.25) is 0 Å². The number of hydrogen-bond donors (Lipinski definition) is 1. The van der Waals surface area contributed by atoms with Gasteiger partial charge in [-0.2, -0.15) is 5.10 Å². The van der Waals surface area contributed by atoms with Crippen LogP contribution >= 0.6 is 0 Å². The van der Waals surface area contributed by atoms with Crippen molar-refractivity contribution in [3.8, 4) is 11.6 Å². The van der Waals surface area contributed by atoms with Crippen LogP contribution in [0.5, 0.6) is 11.6 Å². The summed E-state index contributed by atoms with van der Waals surface area (Å²) in [5, 5.41) is 3.94. The molecule has 0 bridgehead atoms. The lowest BCUT2D eigenvalue weighted by Gasteiger charge is -2.00. The van der Waals surface area contributed by atoms with Gasteiger partial charge >= 0.3 is 0 Å². The molecule has 2 aromatic rings. The Labute approximate surface area is 85.5 Å². The van der Waals surface area contributed by atoms with Crippen LogP contribution in [-0.4, -0.2) is 19.7 Å². The smallest absolute Gasteiger partial charge is 0.254 e. The lowest BCUT2D eigenvalue weighted by molar-refractivity contribution is 0.458. The Kier molecular flexibility index (Phi) is 2.24. The largest absolute Gasteiger partial charge is 0.435 e. The van der Waals surface area contributed by atoms with Crippen LogP contribution in [0.25, 0.3) is 0 Å². The predicted octanol–water partition coefficient (Wildman–Crippen LogP) is 0.604. The Morgan fingerprint density at radius 3 is 2.93 bits per heavy atom. The number of hydrogen-bond acceptors (Lipinski definition) is 4. The molecule has 0 aliphatic rings. The molecular weight excluding hydrogens is 196 g/mol. The minimum absolute atomic E-state index is 0.235. The highest BCUT2D eigenvalue weighted by molar-refractivity contribution is 5.20. The molecular formula is C9H10N4O2.